The molecule has 0 unspecified atom stereocenters. The summed E-state index contributed by atoms with van der Waals surface area (Å²) in [5.74, 6) is 0. The van der Waals surface area contributed by atoms with Gasteiger partial charge in [-0.15, -0.1) is 0 Å². The molecule has 0 aliphatic rings. The summed E-state index contributed by atoms with van der Waals surface area (Å²) in [5.41, 5.74) is 11.9. The number of aromatic nitrogens is 2. The van der Waals surface area contributed by atoms with Crippen LogP contribution in [0.3, 0.4) is 0 Å². The Morgan fingerprint density at radius 2 is 0.714 bits per heavy atom. The number of nitrogens with zero attached hydrogens (tertiary/aromatic N) is 2. The second kappa shape index (κ2) is 15.2. The zero-order chi connectivity index (χ0) is 41.7. The first-order valence-electron chi connectivity index (χ1n) is 21.8. The van der Waals surface area contributed by atoms with Crippen LogP contribution in [0.15, 0.2) is 255 Å². The monoisotopic (exact) mass is 818 g/mol. The fourth-order valence-electron chi connectivity index (χ4n) is 10.3. The topological polar surface area (TPSA) is 9.86 Å². The third-order valence-corrected chi connectivity index (χ3v) is 17.8. The fourth-order valence-corrected chi connectivity index (χ4v) is 15.1. The van der Waals surface area contributed by atoms with Gasteiger partial charge in [-0.3, -0.25) is 0 Å². The molecule has 0 aliphatic heterocycles. The Bertz CT molecular complexity index is 3510. The van der Waals surface area contributed by atoms with E-state index in [1.165, 1.54) is 92.3 Å². The maximum absolute atomic E-state index is 2.80. The molecule has 12 aromatic rings. The minimum Gasteiger partial charge on any atom is -0.309 e. The summed E-state index contributed by atoms with van der Waals surface area (Å²) in [5, 5.41) is 10.4. The average Bonchev–Trinajstić information content (AvgIpc) is 3.88. The minimum absolute atomic E-state index is 1.13. The second-order valence-electron chi connectivity index (χ2n) is 16.5. The van der Waals surface area contributed by atoms with Crippen molar-refractivity contribution in [3.63, 3.8) is 0 Å². The van der Waals surface area contributed by atoms with E-state index in [2.05, 4.69) is 264 Å². The SMILES string of the molecule is c1ccc(-c2cccc(-c3cccc(-n4c5ccccc5c5c(-n6c7ccccc7c7ccc([Si](c8ccccc8)(c8ccccc8)c8ccccc8)cc76)cccc54)c3)c2)cc1. The van der Waals surface area contributed by atoms with Crippen LogP contribution >= 0.6 is 0 Å². The second-order valence-corrected chi connectivity index (χ2v) is 20.3. The van der Waals surface area contributed by atoms with Crippen LogP contribution in [0.1, 0.15) is 0 Å². The molecule has 0 bridgehead atoms. The van der Waals surface area contributed by atoms with Crippen LogP contribution in [-0.2, 0) is 0 Å². The molecule has 10 aromatic carbocycles. The lowest BCUT2D eigenvalue weighted by Gasteiger charge is -2.34. The van der Waals surface area contributed by atoms with Crippen LogP contribution in [0.5, 0.6) is 0 Å². The van der Waals surface area contributed by atoms with Gasteiger partial charge in [0.15, 0.2) is 8.07 Å². The van der Waals surface area contributed by atoms with Crippen molar-refractivity contribution in [3.05, 3.63) is 255 Å². The Morgan fingerprint density at radius 3 is 1.37 bits per heavy atom. The standard InChI is InChI=1S/C60H42N2Si/c1-5-20-43(21-6-1)44-22-17-23-45(40-44)46-24-18-25-47(41-46)61-56-35-16-14-33-54(56)60-57(61)36-19-37-58(60)62-55-34-15-13-32-52(55)53-39-38-51(42-59(53)62)63(48-26-7-2-8-27-48,49-28-9-3-10-29-49)50-30-11-4-12-31-50/h1-42H. The van der Waals surface area contributed by atoms with Gasteiger partial charge in [0.1, 0.15) is 0 Å². The lowest BCUT2D eigenvalue weighted by atomic mass is 9.99. The van der Waals surface area contributed by atoms with Crippen LogP contribution in [0.4, 0.5) is 0 Å². The van der Waals surface area contributed by atoms with Gasteiger partial charge in [0.25, 0.3) is 0 Å². The summed E-state index contributed by atoms with van der Waals surface area (Å²) >= 11 is 0. The highest BCUT2D eigenvalue weighted by Crippen LogP contribution is 2.40. The van der Waals surface area contributed by atoms with E-state index < -0.39 is 8.07 Å². The third-order valence-electron chi connectivity index (χ3n) is 13.1. The van der Waals surface area contributed by atoms with Gasteiger partial charge < -0.3 is 9.13 Å². The van der Waals surface area contributed by atoms with Gasteiger partial charge in [0.05, 0.1) is 27.8 Å². The number of benzene rings is 10. The Labute approximate surface area is 368 Å². The van der Waals surface area contributed by atoms with Gasteiger partial charge in [-0.05, 0) is 91.5 Å². The predicted molar refractivity (Wildman–Crippen MR) is 270 cm³/mol. The Balaban J connectivity index is 1.11. The highest BCUT2D eigenvalue weighted by atomic mass is 28.3. The van der Waals surface area contributed by atoms with Crippen molar-refractivity contribution in [2.45, 2.75) is 0 Å². The minimum atomic E-state index is -2.80. The molecular formula is C60H42N2Si. The normalized spacial score (nSPS) is 11.8. The Hall–Kier alpha value is -7.98. The van der Waals surface area contributed by atoms with E-state index in [0.717, 1.165) is 5.69 Å². The van der Waals surface area contributed by atoms with Crippen molar-refractivity contribution in [1.82, 2.24) is 9.13 Å². The molecule has 0 fully saturated rings. The zero-order valence-corrected chi connectivity index (χ0v) is 35.6. The summed E-state index contributed by atoms with van der Waals surface area (Å²) in [6.07, 6.45) is 0. The average molecular weight is 819 g/mol. The maximum atomic E-state index is 2.54. The quantitative estimate of drug-likeness (QED) is 0.107. The molecule has 296 valence electrons. The summed E-state index contributed by atoms with van der Waals surface area (Å²) < 4.78 is 5.00. The van der Waals surface area contributed by atoms with Crippen LogP contribution < -0.4 is 20.7 Å². The van der Waals surface area contributed by atoms with Crippen molar-refractivity contribution in [2.24, 2.45) is 0 Å². The van der Waals surface area contributed by atoms with E-state index >= 15 is 0 Å². The summed E-state index contributed by atoms with van der Waals surface area (Å²) in [6, 6.07) is 94.2. The van der Waals surface area contributed by atoms with Crippen molar-refractivity contribution >= 4 is 72.4 Å². The molecule has 12 rings (SSSR count). The molecule has 0 saturated carbocycles. The summed E-state index contributed by atoms with van der Waals surface area (Å²) in [7, 11) is -2.80. The van der Waals surface area contributed by atoms with E-state index in [1.807, 2.05) is 0 Å². The molecule has 0 saturated heterocycles. The molecule has 3 heteroatoms. The van der Waals surface area contributed by atoms with Gasteiger partial charge in [-0.2, -0.15) is 0 Å². The van der Waals surface area contributed by atoms with Crippen LogP contribution in [-0.4, -0.2) is 17.2 Å². The van der Waals surface area contributed by atoms with E-state index in [0.29, 0.717) is 0 Å². The number of para-hydroxylation sites is 2. The maximum Gasteiger partial charge on any atom is 0.179 e. The van der Waals surface area contributed by atoms with Crippen LogP contribution in [0.25, 0.3) is 77.2 Å². The summed E-state index contributed by atoms with van der Waals surface area (Å²) in [6.45, 7) is 0. The molecule has 2 heterocycles. The van der Waals surface area contributed by atoms with Crippen LogP contribution in [0, 0.1) is 0 Å². The first kappa shape index (κ1) is 36.8. The predicted octanol–water partition coefficient (Wildman–Crippen LogP) is 12.6. The van der Waals surface area contributed by atoms with Gasteiger partial charge in [-0.25, -0.2) is 0 Å². The Kier molecular flexibility index (Phi) is 8.87. The molecule has 2 nitrogen and oxygen atoms in total. The first-order valence-corrected chi connectivity index (χ1v) is 23.8. The van der Waals surface area contributed by atoms with Crippen molar-refractivity contribution in [1.29, 1.82) is 0 Å². The molecule has 0 aliphatic carbocycles. The molecular weight excluding hydrogens is 777 g/mol. The number of hydrogen-bond acceptors (Lipinski definition) is 0. The molecule has 0 N–H and O–H groups in total. The lowest BCUT2D eigenvalue weighted by molar-refractivity contribution is 1.17. The highest BCUT2D eigenvalue weighted by Gasteiger charge is 2.41. The van der Waals surface area contributed by atoms with Gasteiger partial charge >= 0.3 is 0 Å². The van der Waals surface area contributed by atoms with Crippen molar-refractivity contribution in [2.75, 3.05) is 0 Å². The molecule has 0 atom stereocenters. The van der Waals surface area contributed by atoms with E-state index in [1.54, 1.807) is 0 Å². The third kappa shape index (κ3) is 5.93. The first-order chi connectivity index (χ1) is 31.3. The molecule has 0 amide bonds. The van der Waals surface area contributed by atoms with Crippen molar-refractivity contribution in [3.8, 4) is 33.6 Å². The smallest absolute Gasteiger partial charge is 0.179 e. The number of fused-ring (bicyclic) bond motifs is 6. The van der Waals surface area contributed by atoms with Crippen LogP contribution in [0.2, 0.25) is 0 Å². The molecule has 0 radical (unpaired) electrons. The highest BCUT2D eigenvalue weighted by molar-refractivity contribution is 7.20. The number of rotatable bonds is 8. The lowest BCUT2D eigenvalue weighted by Crippen LogP contribution is -2.74. The molecule has 2 aromatic heterocycles. The molecule has 0 spiro atoms. The largest absolute Gasteiger partial charge is 0.309 e. The molecule has 63 heavy (non-hydrogen) atoms. The Morgan fingerprint density at radius 1 is 0.254 bits per heavy atom. The zero-order valence-electron chi connectivity index (χ0n) is 34.6. The van der Waals surface area contributed by atoms with E-state index in [4.69, 9.17) is 0 Å². The van der Waals surface area contributed by atoms with Gasteiger partial charge in [-0.1, -0.05) is 206 Å². The van der Waals surface area contributed by atoms with Gasteiger partial charge in [0.2, 0.25) is 0 Å². The number of hydrogen-bond donors (Lipinski definition) is 0. The van der Waals surface area contributed by atoms with Gasteiger partial charge in [0, 0.05) is 27.2 Å². The summed E-state index contributed by atoms with van der Waals surface area (Å²) in [4.78, 5) is 0. The van der Waals surface area contributed by atoms with E-state index in [-0.39, 0.29) is 0 Å². The van der Waals surface area contributed by atoms with Crippen molar-refractivity contribution < 1.29 is 0 Å². The van der Waals surface area contributed by atoms with E-state index in [9.17, 15) is 0 Å². The fraction of sp³-hybridized carbons (Fsp3) is 0.